The van der Waals surface area contributed by atoms with E-state index in [0.29, 0.717) is 5.75 Å². The lowest BCUT2D eigenvalue weighted by Gasteiger charge is -2.12. The minimum Gasteiger partial charge on any atom is -0.494 e. The molecule has 0 heterocycles. The van der Waals surface area contributed by atoms with Gasteiger partial charge in [0.05, 0.1) is 6.61 Å². The monoisotopic (exact) mass is 444 g/mol. The fourth-order valence-corrected chi connectivity index (χ4v) is 3.37. The summed E-state index contributed by atoms with van der Waals surface area (Å²) in [4.78, 5) is 12.0. The zero-order valence-corrected chi connectivity index (χ0v) is 20.0. The molecule has 0 aromatic heterocycles. The topological polar surface area (TPSA) is 35.5 Å². The van der Waals surface area contributed by atoms with E-state index >= 15 is 0 Å². The highest BCUT2D eigenvalue weighted by Crippen LogP contribution is 2.25. The van der Waals surface area contributed by atoms with Crippen molar-refractivity contribution in [3.8, 4) is 22.6 Å². The van der Waals surface area contributed by atoms with Crippen LogP contribution in [0, 0.1) is 5.92 Å². The molecule has 170 valence electrons. The molecule has 3 nitrogen and oxygen atoms in total. The number of carbonyl (C=O) groups is 1. The molecule has 2 aromatic rings. The van der Waals surface area contributed by atoms with Gasteiger partial charge in [0.2, 0.25) is 0 Å². The standard InChI is InChI=1S/C27H37ClO3/c1-4-5-6-7-8-9-10-11-20-30-24-16-12-22(13-17-24)23-14-18-25(19-15-23)31-27(29)26(28)21(2)3/h12-19,21,26H,4-11,20H2,1-3H3. The number of hydrogen-bond donors (Lipinski definition) is 0. The smallest absolute Gasteiger partial charge is 0.329 e. The van der Waals surface area contributed by atoms with Crippen molar-refractivity contribution in [1.29, 1.82) is 0 Å². The van der Waals surface area contributed by atoms with Crippen molar-refractivity contribution in [3.63, 3.8) is 0 Å². The van der Waals surface area contributed by atoms with Crippen LogP contribution in [0.15, 0.2) is 48.5 Å². The second-order valence-electron chi connectivity index (χ2n) is 8.44. The first-order valence-electron chi connectivity index (χ1n) is 11.7. The molecule has 31 heavy (non-hydrogen) atoms. The number of halogens is 1. The van der Waals surface area contributed by atoms with Gasteiger partial charge in [-0.2, -0.15) is 0 Å². The van der Waals surface area contributed by atoms with Gasteiger partial charge in [0.15, 0.2) is 0 Å². The maximum absolute atomic E-state index is 12.0. The summed E-state index contributed by atoms with van der Waals surface area (Å²) >= 11 is 6.06. The van der Waals surface area contributed by atoms with Gasteiger partial charge in [-0.25, -0.2) is 0 Å². The van der Waals surface area contributed by atoms with Gasteiger partial charge in [0, 0.05) is 0 Å². The van der Waals surface area contributed by atoms with E-state index in [1.165, 1.54) is 44.9 Å². The Hall–Kier alpha value is -2.00. The third-order valence-electron chi connectivity index (χ3n) is 5.34. The van der Waals surface area contributed by atoms with Gasteiger partial charge in [-0.05, 0) is 47.7 Å². The molecular weight excluding hydrogens is 408 g/mol. The first-order chi connectivity index (χ1) is 15.0. The van der Waals surface area contributed by atoms with Gasteiger partial charge in [-0.15, -0.1) is 11.6 Å². The Balaban J connectivity index is 1.73. The molecule has 0 aliphatic heterocycles. The number of unbranched alkanes of at least 4 members (excludes halogenated alkanes) is 7. The lowest BCUT2D eigenvalue weighted by atomic mass is 10.1. The largest absolute Gasteiger partial charge is 0.494 e. The summed E-state index contributed by atoms with van der Waals surface area (Å²) in [5.41, 5.74) is 2.15. The Morgan fingerprint density at radius 3 is 1.77 bits per heavy atom. The van der Waals surface area contributed by atoms with Gasteiger partial charge < -0.3 is 9.47 Å². The average Bonchev–Trinajstić information content (AvgIpc) is 2.78. The Morgan fingerprint density at radius 1 is 0.774 bits per heavy atom. The van der Waals surface area contributed by atoms with Gasteiger partial charge in [0.1, 0.15) is 16.9 Å². The minimum absolute atomic E-state index is 0.0322. The molecule has 0 bridgehead atoms. The Bertz CT molecular complexity index is 753. The minimum atomic E-state index is -0.641. The number of hydrogen-bond acceptors (Lipinski definition) is 3. The molecular formula is C27H37ClO3. The summed E-state index contributed by atoms with van der Waals surface area (Å²) in [6.45, 7) is 6.81. The molecule has 1 unspecified atom stereocenters. The molecule has 0 radical (unpaired) electrons. The van der Waals surface area contributed by atoms with E-state index in [2.05, 4.69) is 19.1 Å². The van der Waals surface area contributed by atoms with Crippen molar-refractivity contribution < 1.29 is 14.3 Å². The maximum atomic E-state index is 12.0. The van der Waals surface area contributed by atoms with E-state index < -0.39 is 11.3 Å². The van der Waals surface area contributed by atoms with Crippen LogP contribution in [-0.4, -0.2) is 18.0 Å². The van der Waals surface area contributed by atoms with Crippen LogP contribution < -0.4 is 9.47 Å². The molecule has 2 aromatic carbocycles. The quantitative estimate of drug-likeness (QED) is 0.128. The molecule has 0 fully saturated rings. The van der Waals surface area contributed by atoms with Crippen molar-refractivity contribution in [2.75, 3.05) is 6.61 Å². The van der Waals surface area contributed by atoms with Crippen molar-refractivity contribution in [2.45, 2.75) is 77.5 Å². The van der Waals surface area contributed by atoms with E-state index in [9.17, 15) is 4.79 Å². The van der Waals surface area contributed by atoms with Crippen LogP contribution in [0.4, 0.5) is 0 Å². The molecule has 1 atom stereocenters. The third kappa shape index (κ3) is 9.35. The van der Waals surface area contributed by atoms with Crippen LogP contribution in [0.1, 0.15) is 72.1 Å². The summed E-state index contributed by atoms with van der Waals surface area (Å²) in [6.07, 6.45) is 10.4. The first kappa shape index (κ1) is 25.3. The lowest BCUT2D eigenvalue weighted by Crippen LogP contribution is -2.25. The van der Waals surface area contributed by atoms with Crippen LogP contribution in [-0.2, 0) is 4.79 Å². The number of rotatable bonds is 14. The second kappa shape index (κ2) is 14.1. The lowest BCUT2D eigenvalue weighted by molar-refractivity contribution is -0.134. The zero-order valence-electron chi connectivity index (χ0n) is 19.2. The zero-order chi connectivity index (χ0) is 22.5. The average molecular weight is 445 g/mol. The molecule has 2 rings (SSSR count). The molecule has 0 amide bonds. The van der Waals surface area contributed by atoms with Gasteiger partial charge in [0.25, 0.3) is 0 Å². The van der Waals surface area contributed by atoms with Crippen molar-refractivity contribution in [3.05, 3.63) is 48.5 Å². The molecule has 0 N–H and O–H groups in total. The summed E-state index contributed by atoms with van der Waals surface area (Å²) in [5, 5.41) is -0.641. The number of carbonyl (C=O) groups excluding carboxylic acids is 1. The second-order valence-corrected chi connectivity index (χ2v) is 8.91. The van der Waals surface area contributed by atoms with E-state index in [-0.39, 0.29) is 5.92 Å². The predicted octanol–water partition coefficient (Wildman–Crippen LogP) is 8.04. The van der Waals surface area contributed by atoms with Crippen molar-refractivity contribution >= 4 is 17.6 Å². The van der Waals surface area contributed by atoms with Crippen molar-refractivity contribution in [2.24, 2.45) is 5.92 Å². The van der Waals surface area contributed by atoms with Gasteiger partial charge in [-0.3, -0.25) is 4.79 Å². The maximum Gasteiger partial charge on any atom is 0.329 e. The van der Waals surface area contributed by atoms with Crippen molar-refractivity contribution in [1.82, 2.24) is 0 Å². The highest BCUT2D eigenvalue weighted by atomic mass is 35.5. The van der Waals surface area contributed by atoms with E-state index in [0.717, 1.165) is 29.9 Å². The van der Waals surface area contributed by atoms with Crippen LogP contribution >= 0.6 is 11.6 Å². The van der Waals surface area contributed by atoms with Crippen LogP contribution in [0.5, 0.6) is 11.5 Å². The summed E-state index contributed by atoms with van der Waals surface area (Å²) in [7, 11) is 0. The van der Waals surface area contributed by atoms with E-state index in [4.69, 9.17) is 21.1 Å². The summed E-state index contributed by atoms with van der Waals surface area (Å²) < 4.78 is 11.2. The Morgan fingerprint density at radius 2 is 1.26 bits per heavy atom. The van der Waals surface area contributed by atoms with Crippen LogP contribution in [0.2, 0.25) is 0 Å². The van der Waals surface area contributed by atoms with Gasteiger partial charge in [-0.1, -0.05) is 90.0 Å². The van der Waals surface area contributed by atoms with Gasteiger partial charge >= 0.3 is 5.97 Å². The number of esters is 1. The van der Waals surface area contributed by atoms with Crippen LogP contribution in [0.3, 0.4) is 0 Å². The molecule has 0 saturated carbocycles. The Labute approximate surface area is 193 Å². The molecule has 0 spiro atoms. The fourth-order valence-electron chi connectivity index (χ4n) is 3.33. The molecule has 4 heteroatoms. The highest BCUT2D eigenvalue weighted by molar-refractivity contribution is 6.30. The first-order valence-corrected chi connectivity index (χ1v) is 12.1. The Kier molecular flexibility index (Phi) is 11.5. The predicted molar refractivity (Wildman–Crippen MR) is 130 cm³/mol. The fraction of sp³-hybridized carbons (Fsp3) is 0.519. The summed E-state index contributed by atoms with van der Waals surface area (Å²) in [6, 6.07) is 15.6. The SMILES string of the molecule is CCCCCCCCCCOc1ccc(-c2ccc(OC(=O)C(Cl)C(C)C)cc2)cc1. The normalized spacial score (nSPS) is 12.0. The molecule has 0 aliphatic rings. The third-order valence-corrected chi connectivity index (χ3v) is 6.02. The number of ether oxygens (including phenoxy) is 2. The molecule has 0 saturated heterocycles. The molecule has 0 aliphatic carbocycles. The van der Waals surface area contributed by atoms with E-state index in [1.54, 1.807) is 12.1 Å². The van der Waals surface area contributed by atoms with E-state index in [1.807, 2.05) is 38.1 Å². The highest BCUT2D eigenvalue weighted by Gasteiger charge is 2.21. The number of benzene rings is 2. The summed E-state index contributed by atoms with van der Waals surface area (Å²) in [5.74, 6) is 1.02. The van der Waals surface area contributed by atoms with Crippen LogP contribution in [0.25, 0.3) is 11.1 Å². The number of alkyl halides is 1.